The molecule has 2 aromatic heterocycles. The normalized spacial score (nSPS) is 14.5. The van der Waals surface area contributed by atoms with Crippen LogP contribution in [0, 0.1) is 0 Å². The van der Waals surface area contributed by atoms with Crippen LogP contribution in [0.25, 0.3) is 22.2 Å². The number of piperazine rings is 1. The van der Waals surface area contributed by atoms with Crippen molar-refractivity contribution in [1.82, 2.24) is 14.9 Å². The van der Waals surface area contributed by atoms with Crippen LogP contribution in [0.15, 0.2) is 85.2 Å². The van der Waals surface area contributed by atoms with Gasteiger partial charge in [-0.15, -0.1) is 0 Å². The van der Waals surface area contributed by atoms with Gasteiger partial charge in [-0.1, -0.05) is 36.4 Å². The van der Waals surface area contributed by atoms with Crippen molar-refractivity contribution in [2.45, 2.75) is 13.0 Å². The first-order chi connectivity index (χ1) is 17.1. The van der Waals surface area contributed by atoms with E-state index in [4.69, 9.17) is 4.74 Å². The third kappa shape index (κ3) is 4.84. The van der Waals surface area contributed by atoms with Gasteiger partial charge in [0.25, 0.3) is 5.91 Å². The fourth-order valence-electron chi connectivity index (χ4n) is 4.36. The third-order valence-corrected chi connectivity index (χ3v) is 6.24. The van der Waals surface area contributed by atoms with E-state index < -0.39 is 12.1 Å². The summed E-state index contributed by atoms with van der Waals surface area (Å²) in [4.78, 5) is 39.2. The molecule has 0 aliphatic carbocycles. The number of para-hydroxylation sites is 2. The minimum absolute atomic E-state index is 0.183. The maximum atomic E-state index is 13.2. The van der Waals surface area contributed by atoms with E-state index in [0.29, 0.717) is 35.2 Å². The minimum atomic E-state index is -0.889. The molecule has 1 atom stereocenters. The van der Waals surface area contributed by atoms with E-state index in [1.54, 1.807) is 30.3 Å². The van der Waals surface area contributed by atoms with Crippen LogP contribution in [0.4, 0.5) is 5.69 Å². The van der Waals surface area contributed by atoms with Crippen LogP contribution >= 0.6 is 0 Å². The van der Waals surface area contributed by atoms with Crippen LogP contribution in [-0.2, 0) is 9.53 Å². The Kier molecular flexibility index (Phi) is 6.39. The second-order valence-electron chi connectivity index (χ2n) is 8.51. The van der Waals surface area contributed by atoms with Crippen LogP contribution in [0.5, 0.6) is 0 Å². The van der Waals surface area contributed by atoms with Gasteiger partial charge in [0.2, 0.25) is 0 Å². The molecule has 1 unspecified atom stereocenters. The van der Waals surface area contributed by atoms with E-state index in [1.165, 1.54) is 0 Å². The zero-order valence-corrected chi connectivity index (χ0v) is 19.5. The van der Waals surface area contributed by atoms with E-state index in [2.05, 4.69) is 27.0 Å². The number of esters is 1. The fourth-order valence-corrected chi connectivity index (χ4v) is 4.36. The van der Waals surface area contributed by atoms with E-state index in [9.17, 15) is 9.59 Å². The number of ether oxygens (including phenoxy) is 1. The average molecular weight is 467 g/mol. The summed E-state index contributed by atoms with van der Waals surface area (Å²) in [7, 11) is 0. The number of hydrogen-bond acceptors (Lipinski definition) is 6. The van der Waals surface area contributed by atoms with Crippen LogP contribution in [-0.4, -0.2) is 59.0 Å². The molecule has 7 nitrogen and oxygen atoms in total. The molecule has 176 valence electrons. The molecular weight excluding hydrogens is 440 g/mol. The molecule has 0 spiro atoms. The highest BCUT2D eigenvalue weighted by Gasteiger charge is 2.28. The first-order valence-corrected chi connectivity index (χ1v) is 11.7. The standard InChI is InChI=1S/C28H26N4O3/c1-20(27(33)32-16-14-31(15-17-32)22-9-3-2-4-10-22)35-28(34)24-18-26(21-8-7-13-29-19-21)30-25-12-6-5-11-23(24)25/h2-13,18-20H,14-17H2,1H3. The summed E-state index contributed by atoms with van der Waals surface area (Å²) >= 11 is 0. The molecule has 3 heterocycles. The van der Waals surface area contributed by atoms with Crippen LogP contribution in [0.2, 0.25) is 0 Å². The number of anilines is 1. The molecule has 1 fully saturated rings. The molecule has 35 heavy (non-hydrogen) atoms. The molecule has 0 radical (unpaired) electrons. The first kappa shape index (κ1) is 22.5. The number of rotatable bonds is 5. The van der Waals surface area contributed by atoms with Crippen molar-refractivity contribution in [3.63, 3.8) is 0 Å². The molecule has 0 bridgehead atoms. The lowest BCUT2D eigenvalue weighted by Gasteiger charge is -2.37. The SMILES string of the molecule is CC(OC(=O)c1cc(-c2cccnc2)nc2ccccc12)C(=O)N1CCN(c2ccccc2)CC1. The Bertz CT molecular complexity index is 1340. The molecule has 0 saturated carbocycles. The van der Waals surface area contributed by atoms with Crippen molar-refractivity contribution in [2.75, 3.05) is 31.1 Å². The molecule has 5 rings (SSSR count). The Morgan fingerprint density at radius 1 is 0.914 bits per heavy atom. The van der Waals surface area contributed by atoms with Gasteiger partial charge in [0.05, 0.1) is 16.8 Å². The van der Waals surface area contributed by atoms with Gasteiger partial charge in [0.15, 0.2) is 6.10 Å². The number of carbonyl (C=O) groups excluding carboxylic acids is 2. The number of amides is 1. The Morgan fingerprint density at radius 2 is 1.66 bits per heavy atom. The number of nitrogens with zero attached hydrogens (tertiary/aromatic N) is 4. The molecule has 4 aromatic rings. The lowest BCUT2D eigenvalue weighted by atomic mass is 10.0. The average Bonchev–Trinajstić information content (AvgIpc) is 2.93. The highest BCUT2D eigenvalue weighted by Crippen LogP contribution is 2.25. The van der Waals surface area contributed by atoms with E-state index in [0.717, 1.165) is 24.3 Å². The zero-order chi connectivity index (χ0) is 24.2. The van der Waals surface area contributed by atoms with Gasteiger partial charge in [-0.2, -0.15) is 0 Å². The molecule has 1 aliphatic rings. The van der Waals surface area contributed by atoms with Gasteiger partial charge in [-0.3, -0.25) is 9.78 Å². The second kappa shape index (κ2) is 9.93. The lowest BCUT2D eigenvalue weighted by molar-refractivity contribution is -0.140. The Hall–Kier alpha value is -4.26. The largest absolute Gasteiger partial charge is 0.449 e. The summed E-state index contributed by atoms with van der Waals surface area (Å²) in [6, 6.07) is 23.0. The van der Waals surface area contributed by atoms with Crippen molar-refractivity contribution < 1.29 is 14.3 Å². The summed E-state index contributed by atoms with van der Waals surface area (Å²) in [6.07, 6.45) is 2.50. The van der Waals surface area contributed by atoms with Gasteiger partial charge in [0.1, 0.15) is 0 Å². The van der Waals surface area contributed by atoms with Crippen LogP contribution in [0.3, 0.4) is 0 Å². The maximum absolute atomic E-state index is 13.2. The number of benzene rings is 2. The summed E-state index contributed by atoms with van der Waals surface area (Å²) < 4.78 is 5.67. The monoisotopic (exact) mass is 466 g/mol. The van der Waals surface area contributed by atoms with Crippen molar-refractivity contribution in [1.29, 1.82) is 0 Å². The summed E-state index contributed by atoms with van der Waals surface area (Å²) in [5, 5.41) is 0.682. The number of aromatic nitrogens is 2. The molecule has 0 N–H and O–H groups in total. The van der Waals surface area contributed by atoms with Crippen molar-refractivity contribution in [3.05, 3.63) is 90.8 Å². The topological polar surface area (TPSA) is 75.6 Å². The number of pyridine rings is 2. The molecule has 1 aliphatic heterocycles. The molecular formula is C28H26N4O3. The highest BCUT2D eigenvalue weighted by molar-refractivity contribution is 6.05. The second-order valence-corrected chi connectivity index (χ2v) is 8.51. The maximum Gasteiger partial charge on any atom is 0.339 e. The fraction of sp³-hybridized carbons (Fsp3) is 0.214. The predicted octanol–water partition coefficient (Wildman–Crippen LogP) is 4.19. The highest BCUT2D eigenvalue weighted by atomic mass is 16.5. The number of hydrogen-bond donors (Lipinski definition) is 0. The number of carbonyl (C=O) groups is 2. The van der Waals surface area contributed by atoms with Gasteiger partial charge >= 0.3 is 5.97 Å². The zero-order valence-electron chi connectivity index (χ0n) is 19.5. The Labute approximate surface area is 204 Å². The summed E-state index contributed by atoms with van der Waals surface area (Å²) in [6.45, 7) is 4.27. The summed E-state index contributed by atoms with van der Waals surface area (Å²) in [5.41, 5.74) is 3.63. The smallest absolute Gasteiger partial charge is 0.339 e. The van der Waals surface area contributed by atoms with Gasteiger partial charge in [-0.25, -0.2) is 9.78 Å². The quantitative estimate of drug-likeness (QED) is 0.411. The first-order valence-electron chi connectivity index (χ1n) is 11.7. The van der Waals surface area contributed by atoms with Crippen molar-refractivity contribution in [2.24, 2.45) is 0 Å². The van der Waals surface area contributed by atoms with E-state index in [1.807, 2.05) is 54.6 Å². The Morgan fingerprint density at radius 3 is 2.40 bits per heavy atom. The molecule has 1 saturated heterocycles. The molecule has 2 aromatic carbocycles. The van der Waals surface area contributed by atoms with Gasteiger partial charge in [-0.05, 0) is 43.3 Å². The van der Waals surface area contributed by atoms with Gasteiger partial charge < -0.3 is 14.5 Å². The van der Waals surface area contributed by atoms with E-state index in [-0.39, 0.29) is 5.91 Å². The van der Waals surface area contributed by atoms with Gasteiger partial charge in [0, 0.05) is 55.2 Å². The summed E-state index contributed by atoms with van der Waals surface area (Å²) in [5.74, 6) is -0.727. The van der Waals surface area contributed by atoms with Crippen LogP contribution in [0.1, 0.15) is 17.3 Å². The molecule has 1 amide bonds. The van der Waals surface area contributed by atoms with Crippen LogP contribution < -0.4 is 4.90 Å². The van der Waals surface area contributed by atoms with Crippen molar-refractivity contribution in [3.8, 4) is 11.3 Å². The Balaban J connectivity index is 1.30. The number of fused-ring (bicyclic) bond motifs is 1. The lowest BCUT2D eigenvalue weighted by Crippen LogP contribution is -2.51. The predicted molar refractivity (Wildman–Crippen MR) is 135 cm³/mol. The van der Waals surface area contributed by atoms with Crippen molar-refractivity contribution >= 4 is 28.5 Å². The van der Waals surface area contributed by atoms with E-state index >= 15 is 0 Å². The third-order valence-electron chi connectivity index (χ3n) is 6.24. The minimum Gasteiger partial charge on any atom is -0.449 e. The molecule has 7 heteroatoms.